The van der Waals surface area contributed by atoms with Crippen molar-refractivity contribution in [2.45, 2.75) is 41.5 Å². The van der Waals surface area contributed by atoms with E-state index in [2.05, 4.69) is 53.7 Å². The molecule has 2 rings (SSSR count). The third-order valence-electron chi connectivity index (χ3n) is 3.86. The molecule has 0 aromatic heterocycles. The lowest BCUT2D eigenvalue weighted by Crippen LogP contribution is -2.21. The van der Waals surface area contributed by atoms with Crippen molar-refractivity contribution in [3.8, 4) is 0 Å². The Balaban J connectivity index is 2.70. The lowest BCUT2D eigenvalue weighted by molar-refractivity contribution is -0.121. The molecule has 2 bridgehead atoms. The van der Waals surface area contributed by atoms with Gasteiger partial charge < -0.3 is 0 Å². The molecule has 1 heteroatoms. The second-order valence-electron chi connectivity index (χ2n) is 7.45. The summed E-state index contributed by atoms with van der Waals surface area (Å²) >= 11 is 0. The lowest BCUT2D eigenvalue weighted by atomic mass is 9.72. The highest BCUT2D eigenvalue weighted by molar-refractivity contribution is 5.96. The van der Waals surface area contributed by atoms with E-state index in [9.17, 15) is 4.79 Å². The normalized spacial score (nSPS) is 28.0. The maximum absolute atomic E-state index is 12.6. The third-order valence-corrected chi connectivity index (χ3v) is 3.86. The van der Waals surface area contributed by atoms with E-state index in [4.69, 9.17) is 0 Å². The minimum Gasteiger partial charge on any atom is -0.298 e. The van der Waals surface area contributed by atoms with Gasteiger partial charge in [0.15, 0.2) is 5.78 Å². The molecule has 0 amide bonds. The smallest absolute Gasteiger partial charge is 0.154 e. The van der Waals surface area contributed by atoms with Gasteiger partial charge in [-0.05, 0) is 22.0 Å². The molecule has 2 aliphatic rings. The zero-order valence-electron chi connectivity index (χ0n) is 12.4. The Morgan fingerprint density at radius 3 is 1.39 bits per heavy atom. The van der Waals surface area contributed by atoms with Gasteiger partial charge in [0.2, 0.25) is 0 Å². The standard InChI is InChI=1S/C17H24O/c1-16(2,3)13-11-9-7-8-10-12(15(11)18)14(13)17(4,5)6/h7-12H,1-6H3/t11-,12+. The number of ketones is 1. The van der Waals surface area contributed by atoms with Crippen molar-refractivity contribution in [3.63, 3.8) is 0 Å². The molecule has 0 saturated heterocycles. The van der Waals surface area contributed by atoms with Crippen LogP contribution in [0.5, 0.6) is 0 Å². The van der Waals surface area contributed by atoms with Gasteiger partial charge in [-0.1, -0.05) is 65.8 Å². The molecule has 0 heterocycles. The van der Waals surface area contributed by atoms with E-state index in [1.54, 1.807) is 0 Å². The molecule has 0 fully saturated rings. The van der Waals surface area contributed by atoms with E-state index in [1.807, 2.05) is 12.2 Å². The van der Waals surface area contributed by atoms with E-state index in [0.29, 0.717) is 5.78 Å². The van der Waals surface area contributed by atoms with Gasteiger partial charge in [-0.3, -0.25) is 4.79 Å². The zero-order chi connectivity index (χ0) is 13.7. The Bertz CT molecular complexity index is 419. The van der Waals surface area contributed by atoms with Crippen LogP contribution in [0.3, 0.4) is 0 Å². The average Bonchev–Trinajstić information content (AvgIpc) is 2.28. The van der Waals surface area contributed by atoms with Gasteiger partial charge in [0.25, 0.3) is 0 Å². The number of allylic oxidation sites excluding steroid dienone is 6. The van der Waals surface area contributed by atoms with Crippen LogP contribution in [0.15, 0.2) is 35.5 Å². The first-order chi connectivity index (χ1) is 8.14. The monoisotopic (exact) mass is 244 g/mol. The summed E-state index contributed by atoms with van der Waals surface area (Å²) in [4.78, 5) is 12.6. The summed E-state index contributed by atoms with van der Waals surface area (Å²) in [5, 5.41) is 0. The first-order valence-electron chi connectivity index (χ1n) is 6.78. The van der Waals surface area contributed by atoms with Gasteiger partial charge in [0, 0.05) is 0 Å². The fraction of sp³-hybridized carbons (Fsp3) is 0.588. The summed E-state index contributed by atoms with van der Waals surface area (Å²) in [5.74, 6) is 0.327. The Morgan fingerprint density at radius 2 is 1.11 bits per heavy atom. The molecule has 0 aromatic rings. The van der Waals surface area contributed by atoms with E-state index in [0.717, 1.165) is 0 Å². The van der Waals surface area contributed by atoms with Crippen LogP contribution in [0.2, 0.25) is 0 Å². The van der Waals surface area contributed by atoms with Crippen LogP contribution in [0.4, 0.5) is 0 Å². The highest BCUT2D eigenvalue weighted by Gasteiger charge is 2.46. The number of hydrogen-bond donors (Lipinski definition) is 0. The van der Waals surface area contributed by atoms with Gasteiger partial charge >= 0.3 is 0 Å². The molecule has 18 heavy (non-hydrogen) atoms. The van der Waals surface area contributed by atoms with Crippen molar-refractivity contribution in [2.75, 3.05) is 0 Å². The van der Waals surface area contributed by atoms with Crippen LogP contribution in [-0.2, 0) is 4.79 Å². The van der Waals surface area contributed by atoms with Gasteiger partial charge in [-0.2, -0.15) is 0 Å². The van der Waals surface area contributed by atoms with Crippen LogP contribution >= 0.6 is 0 Å². The summed E-state index contributed by atoms with van der Waals surface area (Å²) in [7, 11) is 0. The molecule has 0 saturated carbocycles. The van der Waals surface area contributed by atoms with Crippen molar-refractivity contribution in [2.24, 2.45) is 22.7 Å². The zero-order valence-corrected chi connectivity index (χ0v) is 12.4. The predicted molar refractivity (Wildman–Crippen MR) is 76.2 cm³/mol. The molecule has 0 N–H and O–H groups in total. The quantitative estimate of drug-likeness (QED) is 0.580. The minimum atomic E-state index is -0.0146. The molecule has 2 atom stereocenters. The summed E-state index contributed by atoms with van der Waals surface area (Å²) in [6, 6.07) is 0. The highest BCUT2D eigenvalue weighted by atomic mass is 16.1. The predicted octanol–water partition coefficient (Wildman–Crippen LogP) is 4.32. The molecule has 2 aliphatic carbocycles. The Labute approximate surface area is 111 Å². The third kappa shape index (κ3) is 2.00. The second-order valence-corrected chi connectivity index (χ2v) is 7.45. The van der Waals surface area contributed by atoms with Crippen molar-refractivity contribution in [1.82, 2.24) is 0 Å². The van der Waals surface area contributed by atoms with E-state index in [1.165, 1.54) is 11.1 Å². The number of Topliss-reactive ketones (excluding diaryl/α,β-unsaturated/α-hetero) is 1. The number of carbonyl (C=O) groups excluding carboxylic acids is 1. The molecule has 1 nitrogen and oxygen atoms in total. The second kappa shape index (κ2) is 3.94. The van der Waals surface area contributed by atoms with Crippen LogP contribution < -0.4 is 0 Å². The highest BCUT2D eigenvalue weighted by Crippen LogP contribution is 2.51. The number of rotatable bonds is 0. The fourth-order valence-corrected chi connectivity index (χ4v) is 3.29. The molecular weight excluding hydrogens is 220 g/mol. The average molecular weight is 244 g/mol. The first kappa shape index (κ1) is 13.3. The summed E-state index contributed by atoms with van der Waals surface area (Å²) in [6.07, 6.45) is 8.18. The molecule has 0 aromatic carbocycles. The maximum Gasteiger partial charge on any atom is 0.154 e. The van der Waals surface area contributed by atoms with Crippen molar-refractivity contribution in [1.29, 1.82) is 0 Å². The SMILES string of the molecule is CC(C)(C)C1=C(C(C)(C)C)[C@H]2C=CC=C[C@@H]1C2=O. The maximum atomic E-state index is 12.6. The van der Waals surface area contributed by atoms with Crippen molar-refractivity contribution >= 4 is 5.78 Å². The number of carbonyl (C=O) groups is 1. The molecule has 98 valence electrons. The summed E-state index contributed by atoms with van der Waals surface area (Å²) in [6.45, 7) is 13.3. The van der Waals surface area contributed by atoms with Crippen LogP contribution in [-0.4, -0.2) is 5.78 Å². The molecule has 0 aliphatic heterocycles. The molecule has 0 radical (unpaired) electrons. The number of hydrogen-bond acceptors (Lipinski definition) is 1. The Kier molecular flexibility index (Phi) is 2.92. The minimum absolute atomic E-state index is 0.0146. The van der Waals surface area contributed by atoms with Crippen molar-refractivity contribution in [3.05, 3.63) is 35.5 Å². The fourth-order valence-electron chi connectivity index (χ4n) is 3.29. The molecule has 0 unspecified atom stereocenters. The van der Waals surface area contributed by atoms with E-state index in [-0.39, 0.29) is 22.7 Å². The summed E-state index contributed by atoms with van der Waals surface area (Å²) < 4.78 is 0. The molecular formula is C17H24O. The largest absolute Gasteiger partial charge is 0.298 e. The summed E-state index contributed by atoms with van der Waals surface area (Å²) in [5.41, 5.74) is 2.77. The lowest BCUT2D eigenvalue weighted by Gasteiger charge is -2.32. The van der Waals surface area contributed by atoms with Crippen molar-refractivity contribution < 1.29 is 4.79 Å². The molecule has 0 spiro atoms. The number of fused-ring (bicyclic) bond motifs is 2. The Hall–Kier alpha value is -1.11. The van der Waals surface area contributed by atoms with Crippen LogP contribution in [0.1, 0.15) is 41.5 Å². The van der Waals surface area contributed by atoms with Crippen LogP contribution in [0.25, 0.3) is 0 Å². The topological polar surface area (TPSA) is 17.1 Å². The van der Waals surface area contributed by atoms with E-state index >= 15 is 0 Å². The Morgan fingerprint density at radius 1 is 0.778 bits per heavy atom. The van der Waals surface area contributed by atoms with E-state index < -0.39 is 0 Å². The van der Waals surface area contributed by atoms with Gasteiger partial charge in [0.05, 0.1) is 11.8 Å². The first-order valence-corrected chi connectivity index (χ1v) is 6.78. The van der Waals surface area contributed by atoms with Gasteiger partial charge in [0.1, 0.15) is 0 Å². The van der Waals surface area contributed by atoms with Gasteiger partial charge in [-0.15, -0.1) is 0 Å². The van der Waals surface area contributed by atoms with Crippen LogP contribution in [0, 0.1) is 22.7 Å². The van der Waals surface area contributed by atoms with Gasteiger partial charge in [-0.25, -0.2) is 0 Å².